The number of nitrogens with one attached hydrogen (secondary N) is 1. The first-order valence-corrected chi connectivity index (χ1v) is 17.1. The van der Waals surface area contributed by atoms with Gasteiger partial charge in [-0.2, -0.15) is 0 Å². The third kappa shape index (κ3) is 8.20. The lowest BCUT2D eigenvalue weighted by molar-refractivity contribution is -0.202. The van der Waals surface area contributed by atoms with Gasteiger partial charge in [-0.15, -0.1) is 0 Å². The van der Waals surface area contributed by atoms with E-state index in [2.05, 4.69) is 10.5 Å². The Balaban J connectivity index is 1.24. The predicted molar refractivity (Wildman–Crippen MR) is 194 cm³/mol. The maximum absolute atomic E-state index is 14.0. The van der Waals surface area contributed by atoms with E-state index < -0.39 is 42.1 Å². The lowest BCUT2D eigenvalue weighted by atomic mass is 9.95. The van der Waals surface area contributed by atoms with Crippen LogP contribution in [0, 0.1) is 6.92 Å². The van der Waals surface area contributed by atoms with E-state index in [4.69, 9.17) is 28.2 Å². The number of likely N-dealkylation sites (tertiary alicyclic amines) is 1. The summed E-state index contributed by atoms with van der Waals surface area (Å²) in [7, 11) is 3.00. The molecule has 54 heavy (non-hydrogen) atoms. The minimum atomic E-state index is -1.33. The van der Waals surface area contributed by atoms with Crippen LogP contribution in [-0.2, 0) is 48.3 Å². The molecule has 0 bridgehead atoms. The summed E-state index contributed by atoms with van der Waals surface area (Å²) in [6, 6.07) is 27.9. The topological polar surface area (TPSA) is 156 Å². The van der Waals surface area contributed by atoms with Crippen LogP contribution >= 0.6 is 0 Å². The van der Waals surface area contributed by atoms with Crippen LogP contribution in [-0.4, -0.2) is 60.3 Å². The fraction of sp³-hybridized carbons (Fsp3) is 0.244. The summed E-state index contributed by atoms with van der Waals surface area (Å²) < 4.78 is 33.7. The average Bonchev–Trinajstić information content (AvgIpc) is 3.55. The lowest BCUT2D eigenvalue weighted by Crippen LogP contribution is -2.73. The molecule has 6 rings (SSSR count). The normalized spacial score (nSPS) is 15.4. The largest absolute Gasteiger partial charge is 0.496 e. The highest BCUT2D eigenvalue weighted by atomic mass is 16.6. The Kier molecular flexibility index (Phi) is 11.6. The molecule has 2 amide bonds. The number of methoxy groups -OCH3 is 2. The third-order valence-corrected chi connectivity index (χ3v) is 8.84. The standard InChI is InChI=1S/C41H39N3O10/c1-25-31(36(43-54-25)35-32(49-3)16-11-17-33(35)50-4)22-34(46)42-37-39(47)44(40(37)53-26(2)45)38(41(48)52-24-28-14-9-6-10-15-28)29-18-20-30(21-19-29)51-23-27-12-7-5-8-13-27/h5-21,37-38,40H,22-24H2,1-4H3,(H,42,46). The Morgan fingerprint density at radius 2 is 1.44 bits per heavy atom. The maximum atomic E-state index is 14.0. The summed E-state index contributed by atoms with van der Waals surface area (Å²) in [5.41, 5.74) is 3.33. The Morgan fingerprint density at radius 3 is 2.04 bits per heavy atom. The van der Waals surface area contributed by atoms with Crippen molar-refractivity contribution >= 4 is 23.8 Å². The van der Waals surface area contributed by atoms with Gasteiger partial charge in [-0.1, -0.05) is 84.0 Å². The second kappa shape index (κ2) is 16.8. The van der Waals surface area contributed by atoms with Crippen LogP contribution in [0.25, 0.3) is 11.3 Å². The molecular weight excluding hydrogens is 694 g/mol. The van der Waals surface area contributed by atoms with Gasteiger partial charge in [0.15, 0.2) is 12.1 Å². The molecule has 3 unspecified atom stereocenters. The van der Waals surface area contributed by atoms with Crippen molar-refractivity contribution in [2.24, 2.45) is 0 Å². The average molecular weight is 734 g/mol. The number of hydrogen-bond donors (Lipinski definition) is 1. The summed E-state index contributed by atoms with van der Waals surface area (Å²) in [5, 5.41) is 6.87. The highest BCUT2D eigenvalue weighted by Crippen LogP contribution is 2.40. The minimum absolute atomic E-state index is 0.0632. The molecule has 0 saturated carbocycles. The SMILES string of the molecule is COc1cccc(OC)c1-c1noc(C)c1CC(=O)NC1C(=O)N(C(C(=O)OCc2ccccc2)c2ccc(OCc3ccccc3)cc2)C1OC(C)=O. The molecule has 1 aliphatic rings. The summed E-state index contributed by atoms with van der Waals surface area (Å²) in [4.78, 5) is 54.9. The smallest absolute Gasteiger partial charge is 0.334 e. The summed E-state index contributed by atoms with van der Waals surface area (Å²) in [5.74, 6) is -0.937. The fourth-order valence-electron chi connectivity index (χ4n) is 6.16. The molecule has 5 aromatic rings. The lowest BCUT2D eigenvalue weighted by Gasteiger charge is -2.48. The molecule has 0 aliphatic carbocycles. The van der Waals surface area contributed by atoms with Crippen LogP contribution in [0.4, 0.5) is 0 Å². The van der Waals surface area contributed by atoms with Gasteiger partial charge < -0.3 is 33.5 Å². The first-order chi connectivity index (χ1) is 26.2. The molecule has 13 nitrogen and oxygen atoms in total. The van der Waals surface area contributed by atoms with Crippen molar-refractivity contribution in [3.63, 3.8) is 0 Å². The van der Waals surface area contributed by atoms with Gasteiger partial charge in [0.1, 0.15) is 41.9 Å². The highest BCUT2D eigenvalue weighted by molar-refractivity contribution is 5.97. The Bertz CT molecular complexity index is 2080. The molecule has 0 spiro atoms. The Labute approximate surface area is 311 Å². The van der Waals surface area contributed by atoms with Gasteiger partial charge in [0.05, 0.1) is 26.2 Å². The number of aryl methyl sites for hydroxylation is 1. The zero-order valence-corrected chi connectivity index (χ0v) is 30.1. The number of hydrogen-bond acceptors (Lipinski definition) is 11. The molecule has 1 saturated heterocycles. The first kappa shape index (κ1) is 37.1. The van der Waals surface area contributed by atoms with Gasteiger partial charge in [-0.05, 0) is 47.9 Å². The first-order valence-electron chi connectivity index (χ1n) is 17.1. The van der Waals surface area contributed by atoms with E-state index in [-0.39, 0.29) is 13.0 Å². The number of carbonyl (C=O) groups is 4. The number of β-lactam (4-membered cyclic amide) rings is 1. The van der Waals surface area contributed by atoms with E-state index in [1.54, 1.807) is 61.5 Å². The van der Waals surface area contributed by atoms with Crippen molar-refractivity contribution < 1.29 is 47.4 Å². The van der Waals surface area contributed by atoms with Crippen molar-refractivity contribution in [2.45, 2.75) is 51.8 Å². The highest BCUT2D eigenvalue weighted by Gasteiger charge is 2.56. The zero-order valence-electron chi connectivity index (χ0n) is 30.1. The number of benzene rings is 4. The van der Waals surface area contributed by atoms with Crippen molar-refractivity contribution in [1.82, 2.24) is 15.4 Å². The van der Waals surface area contributed by atoms with E-state index in [0.717, 1.165) is 16.0 Å². The van der Waals surface area contributed by atoms with E-state index >= 15 is 0 Å². The fourth-order valence-corrected chi connectivity index (χ4v) is 6.16. The number of rotatable bonds is 15. The van der Waals surface area contributed by atoms with Crippen LogP contribution in [0.5, 0.6) is 17.2 Å². The second-order valence-electron chi connectivity index (χ2n) is 12.4. The second-order valence-corrected chi connectivity index (χ2v) is 12.4. The number of esters is 2. The van der Waals surface area contributed by atoms with Crippen molar-refractivity contribution in [3.05, 3.63) is 131 Å². The Morgan fingerprint density at radius 1 is 0.833 bits per heavy atom. The van der Waals surface area contributed by atoms with Crippen LogP contribution in [0.3, 0.4) is 0 Å². The maximum Gasteiger partial charge on any atom is 0.334 e. The summed E-state index contributed by atoms with van der Waals surface area (Å²) >= 11 is 0. The van der Waals surface area contributed by atoms with Crippen molar-refractivity contribution in [3.8, 4) is 28.5 Å². The predicted octanol–water partition coefficient (Wildman–Crippen LogP) is 5.49. The monoisotopic (exact) mass is 733 g/mol. The van der Waals surface area contributed by atoms with Gasteiger partial charge in [0, 0.05) is 12.5 Å². The van der Waals surface area contributed by atoms with Gasteiger partial charge >= 0.3 is 11.9 Å². The van der Waals surface area contributed by atoms with Gasteiger partial charge in [-0.25, -0.2) is 4.79 Å². The van der Waals surface area contributed by atoms with Crippen molar-refractivity contribution in [2.75, 3.05) is 14.2 Å². The quantitative estimate of drug-likeness (QED) is 0.107. The molecular formula is C41H39N3O10. The number of ether oxygens (including phenoxy) is 5. The molecule has 4 aromatic carbocycles. The van der Waals surface area contributed by atoms with E-state index in [1.807, 2.05) is 48.5 Å². The summed E-state index contributed by atoms with van der Waals surface area (Å²) in [6.07, 6.45) is -1.59. The van der Waals surface area contributed by atoms with E-state index in [9.17, 15) is 19.2 Å². The molecule has 1 aliphatic heterocycles. The molecule has 0 radical (unpaired) electrons. The van der Waals surface area contributed by atoms with Crippen molar-refractivity contribution in [1.29, 1.82) is 0 Å². The molecule has 1 fully saturated rings. The molecule has 2 heterocycles. The van der Waals surface area contributed by atoms with E-state index in [1.165, 1.54) is 21.1 Å². The van der Waals surface area contributed by atoms with Crippen LogP contribution in [0.1, 0.15) is 41.0 Å². The Hall–Kier alpha value is -6.63. The summed E-state index contributed by atoms with van der Waals surface area (Å²) in [6.45, 7) is 3.09. The van der Waals surface area contributed by atoms with Gasteiger partial charge in [-0.3, -0.25) is 19.3 Å². The molecule has 1 aromatic heterocycles. The number of amides is 2. The molecule has 3 atom stereocenters. The number of nitrogens with zero attached hydrogens (tertiary/aromatic N) is 2. The number of aromatic nitrogens is 1. The van der Waals surface area contributed by atoms with Crippen LogP contribution in [0.2, 0.25) is 0 Å². The molecule has 278 valence electrons. The van der Waals surface area contributed by atoms with E-state index in [0.29, 0.717) is 52.0 Å². The zero-order chi connectivity index (χ0) is 38.2. The minimum Gasteiger partial charge on any atom is -0.496 e. The third-order valence-electron chi connectivity index (χ3n) is 8.84. The van der Waals surface area contributed by atoms with Crippen LogP contribution in [0.15, 0.2) is 108 Å². The van der Waals surface area contributed by atoms with Gasteiger partial charge in [0.25, 0.3) is 5.91 Å². The van der Waals surface area contributed by atoms with Crippen LogP contribution < -0.4 is 19.5 Å². The molecule has 1 N–H and O–H groups in total. The molecule has 13 heteroatoms. The number of carbonyl (C=O) groups excluding carboxylic acids is 4. The van der Waals surface area contributed by atoms with Gasteiger partial charge in [0.2, 0.25) is 12.1 Å².